The van der Waals surface area contributed by atoms with Gasteiger partial charge in [-0.15, -0.1) is 0 Å². The van der Waals surface area contributed by atoms with Gasteiger partial charge in [-0.2, -0.15) is 0 Å². The van der Waals surface area contributed by atoms with Gasteiger partial charge in [0, 0.05) is 0 Å². The second-order valence-electron chi connectivity index (χ2n) is 3.19. The average Bonchev–Trinajstić information content (AvgIpc) is 2.01. The summed E-state index contributed by atoms with van der Waals surface area (Å²) in [7, 11) is 0. The van der Waals surface area contributed by atoms with Crippen LogP contribution < -0.4 is 0 Å². The second-order valence-corrected chi connectivity index (χ2v) is 3.19. The van der Waals surface area contributed by atoms with Gasteiger partial charge in [0.05, 0.1) is 0 Å². The Hall–Kier alpha value is -1.11. The van der Waals surface area contributed by atoms with Crippen LogP contribution in [0.3, 0.4) is 0 Å². The van der Waals surface area contributed by atoms with Crippen molar-refractivity contribution in [2.45, 2.75) is 26.2 Å². The van der Waals surface area contributed by atoms with E-state index < -0.39 is 0 Å². The lowest BCUT2D eigenvalue weighted by atomic mass is 9.95. The Morgan fingerprint density at radius 3 is 3.00 bits per heavy atom. The van der Waals surface area contributed by atoms with E-state index >= 15 is 0 Å². The summed E-state index contributed by atoms with van der Waals surface area (Å²) >= 11 is 0. The summed E-state index contributed by atoms with van der Waals surface area (Å²) in [4.78, 5) is 10.6. The predicted molar refractivity (Wildman–Crippen MR) is 50.9 cm³/mol. The van der Waals surface area contributed by atoms with Gasteiger partial charge in [0.15, 0.2) is 5.78 Å². The SMILES string of the molecule is C=C1CCC=C(/C=C/C(C)=O)C1. The highest BCUT2D eigenvalue weighted by Gasteiger charge is 2.03. The summed E-state index contributed by atoms with van der Waals surface area (Å²) in [6.07, 6.45) is 8.78. The molecule has 0 heterocycles. The Balaban J connectivity index is 2.58. The minimum absolute atomic E-state index is 0.104. The predicted octanol–water partition coefficient (Wildman–Crippen LogP) is 2.80. The summed E-state index contributed by atoms with van der Waals surface area (Å²) in [5, 5.41) is 0. The molecule has 0 radical (unpaired) electrons. The summed E-state index contributed by atoms with van der Waals surface area (Å²) in [6.45, 7) is 5.50. The molecule has 1 heteroatoms. The highest BCUT2D eigenvalue weighted by atomic mass is 16.1. The number of hydrogen-bond acceptors (Lipinski definition) is 1. The second kappa shape index (κ2) is 4.05. The maximum Gasteiger partial charge on any atom is 0.152 e. The number of ketones is 1. The number of carbonyl (C=O) groups excluding carboxylic acids is 1. The van der Waals surface area contributed by atoms with E-state index in [2.05, 4.69) is 12.7 Å². The molecule has 12 heavy (non-hydrogen) atoms. The van der Waals surface area contributed by atoms with Crippen LogP contribution in [-0.4, -0.2) is 5.78 Å². The molecule has 1 aliphatic carbocycles. The average molecular weight is 162 g/mol. The maximum absolute atomic E-state index is 10.6. The number of carbonyl (C=O) groups is 1. The zero-order chi connectivity index (χ0) is 8.97. The van der Waals surface area contributed by atoms with Crippen LogP contribution in [0.25, 0.3) is 0 Å². The molecule has 0 amide bonds. The van der Waals surface area contributed by atoms with Gasteiger partial charge in [-0.05, 0) is 37.8 Å². The Morgan fingerprint density at radius 1 is 1.67 bits per heavy atom. The lowest BCUT2D eigenvalue weighted by Crippen LogP contribution is -1.92. The lowest BCUT2D eigenvalue weighted by Gasteiger charge is -2.11. The highest BCUT2D eigenvalue weighted by molar-refractivity contribution is 5.87. The lowest BCUT2D eigenvalue weighted by molar-refractivity contribution is -0.112. The third-order valence-electron chi connectivity index (χ3n) is 1.89. The molecule has 0 spiro atoms. The van der Waals surface area contributed by atoms with E-state index in [1.165, 1.54) is 11.1 Å². The summed E-state index contributed by atoms with van der Waals surface area (Å²) < 4.78 is 0. The van der Waals surface area contributed by atoms with Crippen molar-refractivity contribution in [1.29, 1.82) is 0 Å². The van der Waals surface area contributed by atoms with Gasteiger partial charge in [-0.1, -0.05) is 24.3 Å². The molecule has 0 aromatic rings. The smallest absolute Gasteiger partial charge is 0.152 e. The van der Waals surface area contributed by atoms with Crippen LogP contribution in [0.5, 0.6) is 0 Å². The molecule has 1 nitrogen and oxygen atoms in total. The minimum Gasteiger partial charge on any atom is -0.295 e. The van der Waals surface area contributed by atoms with Crippen molar-refractivity contribution in [3.63, 3.8) is 0 Å². The fraction of sp³-hybridized carbons (Fsp3) is 0.364. The van der Waals surface area contributed by atoms with Crippen molar-refractivity contribution in [2.75, 3.05) is 0 Å². The van der Waals surface area contributed by atoms with Gasteiger partial charge in [0.2, 0.25) is 0 Å². The molecular weight excluding hydrogens is 148 g/mol. The van der Waals surface area contributed by atoms with Crippen LogP contribution in [0.15, 0.2) is 36.0 Å². The molecule has 0 aromatic carbocycles. The first kappa shape index (κ1) is 8.98. The minimum atomic E-state index is 0.104. The van der Waals surface area contributed by atoms with Crippen LogP contribution in [-0.2, 0) is 4.79 Å². The molecule has 0 bridgehead atoms. The van der Waals surface area contributed by atoms with E-state index in [1.807, 2.05) is 6.08 Å². The topological polar surface area (TPSA) is 17.1 Å². The molecular formula is C11H14O. The molecule has 0 aromatic heterocycles. The molecule has 1 aliphatic rings. The maximum atomic E-state index is 10.6. The number of rotatable bonds is 2. The summed E-state index contributed by atoms with van der Waals surface area (Å²) in [5.74, 6) is 0.104. The molecule has 0 saturated heterocycles. The van der Waals surface area contributed by atoms with E-state index in [0.29, 0.717) is 0 Å². The monoisotopic (exact) mass is 162 g/mol. The van der Waals surface area contributed by atoms with Crippen molar-refractivity contribution < 1.29 is 4.79 Å². The van der Waals surface area contributed by atoms with Crippen LogP contribution in [0.1, 0.15) is 26.2 Å². The highest BCUT2D eigenvalue weighted by Crippen LogP contribution is 2.22. The Morgan fingerprint density at radius 2 is 2.42 bits per heavy atom. The fourth-order valence-corrected chi connectivity index (χ4v) is 1.26. The zero-order valence-electron chi connectivity index (χ0n) is 7.47. The van der Waals surface area contributed by atoms with E-state index in [1.54, 1.807) is 13.0 Å². The van der Waals surface area contributed by atoms with Crippen molar-refractivity contribution >= 4 is 5.78 Å². The Labute approximate surface area is 73.5 Å². The van der Waals surface area contributed by atoms with Crippen molar-refractivity contribution in [2.24, 2.45) is 0 Å². The van der Waals surface area contributed by atoms with E-state index in [0.717, 1.165) is 19.3 Å². The van der Waals surface area contributed by atoms with Crippen LogP contribution in [0.4, 0.5) is 0 Å². The molecule has 1 rings (SSSR count). The van der Waals surface area contributed by atoms with Crippen LogP contribution >= 0.6 is 0 Å². The molecule has 0 N–H and O–H groups in total. The van der Waals surface area contributed by atoms with Crippen LogP contribution in [0.2, 0.25) is 0 Å². The first-order chi connectivity index (χ1) is 5.68. The quantitative estimate of drug-likeness (QED) is 0.450. The molecule has 64 valence electrons. The number of allylic oxidation sites excluding steroid dienone is 5. The number of hydrogen-bond donors (Lipinski definition) is 0. The molecule has 0 saturated carbocycles. The van der Waals surface area contributed by atoms with E-state index in [4.69, 9.17) is 0 Å². The molecule has 0 fully saturated rings. The van der Waals surface area contributed by atoms with Crippen LogP contribution in [0, 0.1) is 0 Å². The van der Waals surface area contributed by atoms with Gasteiger partial charge in [-0.3, -0.25) is 4.79 Å². The van der Waals surface area contributed by atoms with Gasteiger partial charge in [0.1, 0.15) is 0 Å². The van der Waals surface area contributed by atoms with Crippen molar-refractivity contribution in [3.8, 4) is 0 Å². The van der Waals surface area contributed by atoms with Gasteiger partial charge >= 0.3 is 0 Å². The van der Waals surface area contributed by atoms with Gasteiger partial charge in [0.25, 0.3) is 0 Å². The van der Waals surface area contributed by atoms with Crippen molar-refractivity contribution in [3.05, 3.63) is 36.0 Å². The summed E-state index contributed by atoms with van der Waals surface area (Å²) in [6, 6.07) is 0. The van der Waals surface area contributed by atoms with E-state index in [-0.39, 0.29) is 5.78 Å². The Bertz CT molecular complexity index is 256. The van der Waals surface area contributed by atoms with Crippen molar-refractivity contribution in [1.82, 2.24) is 0 Å². The largest absolute Gasteiger partial charge is 0.295 e. The van der Waals surface area contributed by atoms with Gasteiger partial charge < -0.3 is 0 Å². The third kappa shape index (κ3) is 2.87. The first-order valence-corrected chi connectivity index (χ1v) is 4.23. The zero-order valence-corrected chi connectivity index (χ0v) is 7.47. The van der Waals surface area contributed by atoms with Gasteiger partial charge in [-0.25, -0.2) is 0 Å². The Kier molecular flexibility index (Phi) is 3.03. The molecule has 0 atom stereocenters. The normalized spacial score (nSPS) is 18.1. The molecule has 0 aliphatic heterocycles. The fourth-order valence-electron chi connectivity index (χ4n) is 1.26. The molecule has 0 unspecified atom stereocenters. The standard InChI is InChI=1S/C11H14O/c1-9-4-3-5-11(8-9)7-6-10(2)12/h5-7H,1,3-4,8H2,2H3/b7-6+. The first-order valence-electron chi connectivity index (χ1n) is 4.23. The van der Waals surface area contributed by atoms with E-state index in [9.17, 15) is 4.79 Å². The summed E-state index contributed by atoms with van der Waals surface area (Å²) in [5.41, 5.74) is 2.49. The third-order valence-corrected chi connectivity index (χ3v) is 1.89.